The number of nitrogens with one attached hydrogen (secondary N) is 1. The molecule has 0 radical (unpaired) electrons. The number of carbonyl (C=O) groups excluding carboxylic acids is 1. The Morgan fingerprint density at radius 1 is 1.15 bits per heavy atom. The summed E-state index contributed by atoms with van der Waals surface area (Å²) in [5.74, 6) is 1.68. The lowest BCUT2D eigenvalue weighted by Gasteiger charge is -2.28. The molecule has 0 fully saturated rings. The molecule has 1 N–H and O–H groups in total. The largest absolute Gasteiger partial charge is 0.443 e. The van der Waals surface area contributed by atoms with Crippen molar-refractivity contribution in [1.82, 2.24) is 14.6 Å². The van der Waals surface area contributed by atoms with Gasteiger partial charge in [0, 0.05) is 24.7 Å². The van der Waals surface area contributed by atoms with E-state index in [2.05, 4.69) is 61.5 Å². The molecule has 4 rings (SSSR count). The fourth-order valence-corrected chi connectivity index (χ4v) is 5.04. The van der Waals surface area contributed by atoms with Gasteiger partial charge in [0.25, 0.3) is 0 Å². The molecule has 7 heteroatoms. The Morgan fingerprint density at radius 3 is 2.67 bits per heavy atom. The predicted octanol–water partition coefficient (Wildman–Crippen LogP) is 8.01. The molecular formula is C32H45N5O2. The van der Waals surface area contributed by atoms with Crippen LogP contribution in [0.2, 0.25) is 0 Å². The number of hydrogen-bond acceptors (Lipinski definition) is 5. The number of ether oxygens (including phenoxy) is 1. The fourth-order valence-electron chi connectivity index (χ4n) is 5.04. The number of anilines is 2. The van der Waals surface area contributed by atoms with Gasteiger partial charge in [-0.1, -0.05) is 76.8 Å². The SMILES string of the molecule is CCCCCCCNc1cc(N(CCC2=CCc3ccccc32)C(=O)OC(C)(C)C)n2ncc(C(C)C)c2n1. The number of amides is 1. The van der Waals surface area contributed by atoms with Gasteiger partial charge in [-0.05, 0) is 62.7 Å². The van der Waals surface area contributed by atoms with E-state index in [0.717, 1.165) is 42.8 Å². The number of carbonyl (C=O) groups is 1. The second-order valence-corrected chi connectivity index (χ2v) is 11.8. The van der Waals surface area contributed by atoms with Crippen LogP contribution in [-0.2, 0) is 11.2 Å². The van der Waals surface area contributed by atoms with Gasteiger partial charge in [0.05, 0.1) is 6.20 Å². The highest BCUT2D eigenvalue weighted by Crippen LogP contribution is 2.32. The van der Waals surface area contributed by atoms with Crippen LogP contribution >= 0.6 is 0 Å². The van der Waals surface area contributed by atoms with E-state index >= 15 is 0 Å². The van der Waals surface area contributed by atoms with Crippen LogP contribution in [0, 0.1) is 0 Å². The number of fused-ring (bicyclic) bond motifs is 2. The first kappa shape index (κ1) is 28.7. The Hall–Kier alpha value is -3.35. The van der Waals surface area contributed by atoms with Crippen LogP contribution in [0.5, 0.6) is 0 Å². The minimum Gasteiger partial charge on any atom is -0.443 e. The lowest BCUT2D eigenvalue weighted by atomic mass is 10.0. The van der Waals surface area contributed by atoms with Gasteiger partial charge >= 0.3 is 6.09 Å². The Bertz CT molecular complexity index is 1300. The second-order valence-electron chi connectivity index (χ2n) is 11.8. The van der Waals surface area contributed by atoms with Crippen molar-refractivity contribution in [3.63, 3.8) is 0 Å². The van der Waals surface area contributed by atoms with Crippen molar-refractivity contribution in [3.8, 4) is 0 Å². The maximum absolute atomic E-state index is 13.7. The lowest BCUT2D eigenvalue weighted by Crippen LogP contribution is -2.38. The summed E-state index contributed by atoms with van der Waals surface area (Å²) in [6.07, 6.45) is 11.5. The smallest absolute Gasteiger partial charge is 0.416 e. The third kappa shape index (κ3) is 7.20. The summed E-state index contributed by atoms with van der Waals surface area (Å²) in [4.78, 5) is 20.3. The maximum atomic E-state index is 13.7. The third-order valence-electron chi connectivity index (χ3n) is 7.12. The average Bonchev–Trinajstić information content (AvgIpc) is 3.50. The zero-order valence-corrected chi connectivity index (χ0v) is 24.6. The lowest BCUT2D eigenvalue weighted by molar-refractivity contribution is 0.0579. The third-order valence-corrected chi connectivity index (χ3v) is 7.12. The van der Waals surface area contributed by atoms with Gasteiger partial charge in [-0.3, -0.25) is 4.90 Å². The molecule has 1 aromatic carbocycles. The molecule has 0 atom stereocenters. The molecule has 7 nitrogen and oxygen atoms in total. The Morgan fingerprint density at radius 2 is 1.92 bits per heavy atom. The number of unbranched alkanes of at least 4 members (excludes halogenated alkanes) is 4. The molecular weight excluding hydrogens is 486 g/mol. The van der Waals surface area contributed by atoms with E-state index in [0.29, 0.717) is 12.4 Å². The zero-order chi connectivity index (χ0) is 28.0. The second kappa shape index (κ2) is 12.7. The number of rotatable bonds is 12. The summed E-state index contributed by atoms with van der Waals surface area (Å²) in [6.45, 7) is 13.5. The first-order valence-electron chi connectivity index (χ1n) is 14.6. The number of nitrogens with zero attached hydrogens (tertiary/aromatic N) is 4. The molecule has 2 aromatic heterocycles. The van der Waals surface area contributed by atoms with Gasteiger partial charge in [-0.15, -0.1) is 0 Å². The van der Waals surface area contributed by atoms with Crippen LogP contribution in [0.15, 0.2) is 42.6 Å². The van der Waals surface area contributed by atoms with Crippen molar-refractivity contribution in [2.24, 2.45) is 0 Å². The molecule has 0 unspecified atom stereocenters. The number of aromatic nitrogens is 3. The zero-order valence-electron chi connectivity index (χ0n) is 24.6. The van der Waals surface area contributed by atoms with Crippen molar-refractivity contribution >= 4 is 28.9 Å². The highest BCUT2D eigenvalue weighted by atomic mass is 16.6. The Kier molecular flexibility index (Phi) is 9.31. The van der Waals surface area contributed by atoms with Crippen molar-refractivity contribution in [1.29, 1.82) is 0 Å². The Balaban J connectivity index is 1.66. The van der Waals surface area contributed by atoms with Gasteiger partial charge < -0.3 is 10.1 Å². The molecule has 1 amide bonds. The molecule has 0 spiro atoms. The highest BCUT2D eigenvalue weighted by molar-refractivity contribution is 5.88. The van der Waals surface area contributed by atoms with E-state index in [4.69, 9.17) is 9.72 Å². The van der Waals surface area contributed by atoms with Crippen LogP contribution in [0.3, 0.4) is 0 Å². The van der Waals surface area contributed by atoms with E-state index in [-0.39, 0.29) is 12.0 Å². The summed E-state index contributed by atoms with van der Waals surface area (Å²) in [5, 5.41) is 8.21. The molecule has 0 saturated heterocycles. The minimum atomic E-state index is -0.618. The van der Waals surface area contributed by atoms with E-state index in [1.165, 1.54) is 42.4 Å². The monoisotopic (exact) mass is 531 g/mol. The van der Waals surface area contributed by atoms with Crippen LogP contribution in [0.4, 0.5) is 16.4 Å². The number of hydrogen-bond donors (Lipinski definition) is 1. The van der Waals surface area contributed by atoms with Gasteiger partial charge in [-0.2, -0.15) is 9.61 Å². The van der Waals surface area contributed by atoms with E-state index in [9.17, 15) is 4.79 Å². The average molecular weight is 532 g/mol. The topological polar surface area (TPSA) is 71.8 Å². The molecule has 1 aliphatic carbocycles. The first-order chi connectivity index (χ1) is 18.7. The quantitative estimate of drug-likeness (QED) is 0.240. The molecule has 39 heavy (non-hydrogen) atoms. The van der Waals surface area contributed by atoms with E-state index in [1.807, 2.05) is 33.0 Å². The predicted molar refractivity (Wildman–Crippen MR) is 161 cm³/mol. The maximum Gasteiger partial charge on any atom is 0.416 e. The van der Waals surface area contributed by atoms with Crippen LogP contribution in [0.1, 0.15) is 103 Å². The molecule has 0 bridgehead atoms. The molecule has 1 aliphatic rings. The standard InChI is InChI=1S/C32H45N5O2/c1-7-8-9-10-13-19-33-28-21-29(37-30(35-28)27(22-34-37)23(2)3)36(31(38)39-32(4,5)6)20-18-25-17-16-24-14-11-12-15-26(24)25/h11-12,14-15,17,21-23H,7-10,13,16,18-20H2,1-6H3,(H,33,35). The van der Waals surface area contributed by atoms with Crippen LogP contribution in [0.25, 0.3) is 11.2 Å². The van der Waals surface area contributed by atoms with Gasteiger partial charge in [-0.25, -0.2) is 9.78 Å². The van der Waals surface area contributed by atoms with Crippen molar-refractivity contribution in [3.05, 3.63) is 59.3 Å². The molecule has 210 valence electrons. The highest BCUT2D eigenvalue weighted by Gasteiger charge is 2.28. The Labute approximate surface area is 233 Å². The number of allylic oxidation sites excluding steroid dienone is 1. The fraction of sp³-hybridized carbons (Fsp3) is 0.531. The minimum absolute atomic E-state index is 0.252. The summed E-state index contributed by atoms with van der Waals surface area (Å²) in [7, 11) is 0. The number of benzene rings is 1. The normalized spacial score (nSPS) is 13.1. The van der Waals surface area contributed by atoms with Crippen LogP contribution in [-0.4, -0.2) is 39.4 Å². The molecule has 3 aromatic rings. The molecule has 2 heterocycles. The van der Waals surface area contributed by atoms with Crippen molar-refractivity contribution < 1.29 is 9.53 Å². The van der Waals surface area contributed by atoms with Gasteiger partial charge in [0.1, 0.15) is 17.2 Å². The van der Waals surface area contributed by atoms with Crippen molar-refractivity contribution in [2.45, 2.75) is 98.0 Å². The van der Waals surface area contributed by atoms with Crippen molar-refractivity contribution in [2.75, 3.05) is 23.3 Å². The first-order valence-corrected chi connectivity index (χ1v) is 14.6. The van der Waals surface area contributed by atoms with Gasteiger partial charge in [0.15, 0.2) is 5.65 Å². The summed E-state index contributed by atoms with van der Waals surface area (Å²) in [5.41, 5.74) is 5.08. The van der Waals surface area contributed by atoms with E-state index < -0.39 is 5.60 Å². The molecule has 0 aliphatic heterocycles. The molecule has 0 saturated carbocycles. The van der Waals surface area contributed by atoms with E-state index in [1.54, 1.807) is 9.42 Å². The summed E-state index contributed by atoms with van der Waals surface area (Å²) < 4.78 is 7.70. The summed E-state index contributed by atoms with van der Waals surface area (Å²) in [6, 6.07) is 10.4. The summed E-state index contributed by atoms with van der Waals surface area (Å²) >= 11 is 0. The van der Waals surface area contributed by atoms with Gasteiger partial charge in [0.2, 0.25) is 0 Å². The van der Waals surface area contributed by atoms with Crippen LogP contribution < -0.4 is 10.2 Å².